The predicted octanol–water partition coefficient (Wildman–Crippen LogP) is 0.594. The number of rotatable bonds is 6. The number of aromatic nitrogens is 2. The molecule has 6 heteroatoms. The highest BCUT2D eigenvalue weighted by Crippen LogP contribution is 2.20. The monoisotopic (exact) mass is 264 g/mol. The van der Waals surface area contributed by atoms with Gasteiger partial charge in [-0.2, -0.15) is 0 Å². The molecule has 0 aliphatic carbocycles. The normalized spacial score (nSPS) is 13.1. The number of ether oxygens (including phenoxy) is 1. The van der Waals surface area contributed by atoms with Gasteiger partial charge in [-0.05, 0) is 12.1 Å². The van der Waals surface area contributed by atoms with Crippen LogP contribution in [-0.4, -0.2) is 40.4 Å². The second-order valence-corrected chi connectivity index (χ2v) is 4.79. The fourth-order valence-corrected chi connectivity index (χ4v) is 1.77. The van der Waals surface area contributed by atoms with E-state index in [1.54, 1.807) is 18.2 Å². The predicted molar refractivity (Wildman–Crippen MR) is 73.6 cm³/mol. The van der Waals surface area contributed by atoms with E-state index in [-0.39, 0.29) is 12.3 Å². The Morgan fingerprint density at radius 3 is 2.89 bits per heavy atom. The van der Waals surface area contributed by atoms with Crippen molar-refractivity contribution in [2.45, 2.75) is 26.0 Å². The number of fused-ring (bicyclic) bond motifs is 1. The molecule has 0 saturated heterocycles. The maximum atomic E-state index is 11.2. The SMILES string of the molecule is C[11CH](C)NC[C@H](O)COc1cccc2[nH]c(=O)[nH]c12. The molecule has 0 saturated carbocycles. The molecule has 1 atom stereocenters. The zero-order chi connectivity index (χ0) is 13.8. The third kappa shape index (κ3) is 3.59. The number of aliphatic hydroxyl groups is 1. The zero-order valence-corrected chi connectivity index (χ0v) is 11.1. The van der Waals surface area contributed by atoms with Crippen LogP contribution in [0.15, 0.2) is 23.0 Å². The van der Waals surface area contributed by atoms with Crippen LogP contribution in [0.1, 0.15) is 13.8 Å². The smallest absolute Gasteiger partial charge is 0.323 e. The molecule has 1 aromatic heterocycles. The van der Waals surface area contributed by atoms with Gasteiger partial charge < -0.3 is 25.1 Å². The Labute approximate surface area is 110 Å². The molecule has 0 aliphatic heterocycles. The van der Waals surface area contributed by atoms with Crippen LogP contribution in [0.5, 0.6) is 5.75 Å². The second-order valence-electron chi connectivity index (χ2n) is 4.79. The first-order valence-electron chi connectivity index (χ1n) is 6.31. The van der Waals surface area contributed by atoms with Gasteiger partial charge >= 0.3 is 5.69 Å². The van der Waals surface area contributed by atoms with Crippen molar-refractivity contribution in [1.82, 2.24) is 15.3 Å². The Hall–Kier alpha value is -1.79. The number of H-pyrrole nitrogens is 2. The average Bonchev–Trinajstić information content (AvgIpc) is 2.74. The van der Waals surface area contributed by atoms with Crippen LogP contribution < -0.4 is 15.7 Å². The second kappa shape index (κ2) is 5.90. The summed E-state index contributed by atoms with van der Waals surface area (Å²) in [6, 6.07) is 5.66. The van der Waals surface area contributed by atoms with E-state index >= 15 is 0 Å². The topological polar surface area (TPSA) is 90.1 Å². The lowest BCUT2D eigenvalue weighted by Gasteiger charge is -2.15. The van der Waals surface area contributed by atoms with E-state index in [1.165, 1.54) is 0 Å². The van der Waals surface area contributed by atoms with E-state index in [1.807, 2.05) is 13.8 Å². The molecule has 0 unspecified atom stereocenters. The van der Waals surface area contributed by atoms with Crippen LogP contribution in [0, 0.1) is 0 Å². The molecule has 2 aromatic rings. The van der Waals surface area contributed by atoms with Crippen LogP contribution >= 0.6 is 0 Å². The molecule has 0 fully saturated rings. The molecule has 19 heavy (non-hydrogen) atoms. The van der Waals surface area contributed by atoms with Crippen molar-refractivity contribution < 1.29 is 9.84 Å². The van der Waals surface area contributed by atoms with Crippen molar-refractivity contribution in [1.29, 1.82) is 0 Å². The Morgan fingerprint density at radius 1 is 1.37 bits per heavy atom. The lowest BCUT2D eigenvalue weighted by molar-refractivity contribution is 0.105. The van der Waals surface area contributed by atoms with Crippen molar-refractivity contribution >= 4 is 11.0 Å². The van der Waals surface area contributed by atoms with Crippen LogP contribution in [0.4, 0.5) is 0 Å². The highest BCUT2D eigenvalue weighted by molar-refractivity contribution is 5.80. The molecule has 2 rings (SSSR count). The lowest BCUT2D eigenvalue weighted by atomic mass is 9.82. The summed E-state index contributed by atoms with van der Waals surface area (Å²) in [6.45, 7) is 4.67. The van der Waals surface area contributed by atoms with Crippen molar-refractivity contribution in [3.63, 3.8) is 0 Å². The maximum Gasteiger partial charge on any atom is 0.323 e. The van der Waals surface area contributed by atoms with Gasteiger partial charge in [-0.3, -0.25) is 0 Å². The fraction of sp³-hybridized carbons (Fsp3) is 0.462. The van der Waals surface area contributed by atoms with Gasteiger partial charge in [-0.25, -0.2) is 4.79 Å². The number of imidazole rings is 1. The molecular formula is C13H19N3O3. The van der Waals surface area contributed by atoms with E-state index in [0.29, 0.717) is 29.4 Å². The summed E-state index contributed by atoms with van der Waals surface area (Å²) in [5.74, 6) is 0.555. The van der Waals surface area contributed by atoms with Crippen LogP contribution in [0.3, 0.4) is 0 Å². The minimum atomic E-state index is -0.594. The van der Waals surface area contributed by atoms with Gasteiger partial charge in [0.2, 0.25) is 0 Å². The standard InChI is InChI=1S/C13H19N3O3/c1-8(2)14-6-9(17)7-19-11-5-3-4-10-12(11)16-13(18)15-10/h3-5,8-9,14,17H,6-7H2,1-2H3,(H2,15,16,18)/t9-/m0/s1/i8-1. The quantitative estimate of drug-likeness (QED) is 0.615. The molecule has 0 spiro atoms. The van der Waals surface area contributed by atoms with Crippen molar-refractivity contribution in [2.75, 3.05) is 13.2 Å². The molecule has 104 valence electrons. The maximum absolute atomic E-state index is 11.2. The minimum absolute atomic E-state index is 0.173. The summed E-state index contributed by atoms with van der Waals surface area (Å²) < 4.78 is 5.55. The molecule has 4 N–H and O–H groups in total. The van der Waals surface area contributed by atoms with Gasteiger partial charge in [0.1, 0.15) is 24.0 Å². The van der Waals surface area contributed by atoms with Crippen LogP contribution in [0.2, 0.25) is 0 Å². The third-order valence-corrected chi connectivity index (χ3v) is 2.71. The molecule has 0 bridgehead atoms. The summed E-state index contributed by atoms with van der Waals surface area (Å²) in [5.41, 5.74) is 1.04. The van der Waals surface area contributed by atoms with Crippen molar-refractivity contribution in [3.05, 3.63) is 28.7 Å². The third-order valence-electron chi connectivity index (χ3n) is 2.71. The number of nitrogens with one attached hydrogen (secondary N) is 3. The number of aliphatic hydroxyl groups excluding tert-OH is 1. The van der Waals surface area contributed by atoms with Crippen molar-refractivity contribution in [2.24, 2.45) is 0 Å². The average molecular weight is 264 g/mol. The van der Waals surface area contributed by atoms with Gasteiger partial charge in [-0.15, -0.1) is 0 Å². The van der Waals surface area contributed by atoms with Gasteiger partial charge in [0, 0.05) is 12.6 Å². The molecule has 0 amide bonds. The fourth-order valence-electron chi connectivity index (χ4n) is 1.77. The highest BCUT2D eigenvalue weighted by atomic mass is 16.5. The van der Waals surface area contributed by atoms with Crippen LogP contribution in [-0.2, 0) is 0 Å². The molecular weight excluding hydrogens is 245 g/mol. The van der Waals surface area contributed by atoms with Crippen LogP contribution in [0.25, 0.3) is 11.0 Å². The van der Waals surface area contributed by atoms with Gasteiger partial charge in [0.15, 0.2) is 0 Å². The van der Waals surface area contributed by atoms with Gasteiger partial charge in [-0.1, -0.05) is 19.9 Å². The van der Waals surface area contributed by atoms with Gasteiger partial charge in [0.25, 0.3) is 0 Å². The molecule has 1 heterocycles. The summed E-state index contributed by atoms with van der Waals surface area (Å²) in [4.78, 5) is 16.6. The highest BCUT2D eigenvalue weighted by Gasteiger charge is 2.09. The summed E-state index contributed by atoms with van der Waals surface area (Å²) >= 11 is 0. The zero-order valence-electron chi connectivity index (χ0n) is 11.1. The first-order valence-corrected chi connectivity index (χ1v) is 6.31. The summed E-state index contributed by atoms with van der Waals surface area (Å²) in [5, 5.41) is 12.9. The first-order chi connectivity index (χ1) is 9.06. The van der Waals surface area contributed by atoms with E-state index in [4.69, 9.17) is 4.74 Å². The Morgan fingerprint density at radius 2 is 2.16 bits per heavy atom. The summed E-state index contributed by atoms with van der Waals surface area (Å²) in [6.07, 6.45) is -0.594. The number of benzene rings is 1. The molecule has 6 nitrogen and oxygen atoms in total. The van der Waals surface area contributed by atoms with Crippen molar-refractivity contribution in [3.8, 4) is 5.75 Å². The molecule has 1 aromatic carbocycles. The number of hydrogen-bond acceptors (Lipinski definition) is 4. The van der Waals surface area contributed by atoms with Gasteiger partial charge in [0.05, 0.1) is 5.52 Å². The largest absolute Gasteiger partial charge is 0.489 e. The van der Waals surface area contributed by atoms with E-state index < -0.39 is 6.10 Å². The Kier molecular flexibility index (Phi) is 4.24. The lowest BCUT2D eigenvalue weighted by Crippen LogP contribution is -2.35. The molecule has 0 aliphatic rings. The Bertz CT molecular complexity index is 588. The van der Waals surface area contributed by atoms with E-state index in [9.17, 15) is 9.90 Å². The first kappa shape index (κ1) is 13.6. The van der Waals surface area contributed by atoms with E-state index in [2.05, 4.69) is 15.3 Å². The number of aromatic amines is 2. The number of para-hydroxylation sites is 1. The van der Waals surface area contributed by atoms with E-state index in [0.717, 1.165) is 0 Å². The number of hydrogen-bond donors (Lipinski definition) is 4. The Balaban J connectivity index is 1.99. The summed E-state index contributed by atoms with van der Waals surface area (Å²) in [7, 11) is 0. The minimum Gasteiger partial charge on any atom is -0.489 e. The molecule has 0 radical (unpaired) electrons.